The van der Waals surface area contributed by atoms with E-state index in [1.807, 2.05) is 0 Å². The summed E-state index contributed by atoms with van der Waals surface area (Å²) in [6, 6.07) is 1.80. The lowest BCUT2D eigenvalue weighted by Crippen LogP contribution is -2.30. The van der Waals surface area contributed by atoms with E-state index in [-0.39, 0.29) is 5.91 Å². The quantitative estimate of drug-likeness (QED) is 0.893. The smallest absolute Gasteiger partial charge is 0.255 e. The fourth-order valence-electron chi connectivity index (χ4n) is 2.54. The van der Waals surface area contributed by atoms with Gasteiger partial charge in [0, 0.05) is 24.3 Å². The molecule has 1 aliphatic carbocycles. The van der Waals surface area contributed by atoms with E-state index in [0.717, 1.165) is 11.0 Å². The topological polar surface area (TPSA) is 54.0 Å². The van der Waals surface area contributed by atoms with Crippen LogP contribution in [0, 0.1) is 5.92 Å². The first-order valence-corrected chi connectivity index (χ1v) is 7.61. The van der Waals surface area contributed by atoms with Crippen molar-refractivity contribution in [2.45, 2.75) is 32.1 Å². The van der Waals surface area contributed by atoms with E-state index in [0.29, 0.717) is 17.3 Å². The molecule has 4 nitrogen and oxygen atoms in total. The number of carbonyl (C=O) groups excluding carboxylic acids is 1. The standard InChI is InChI=1S/C14H20BrN3O/c1-16-13-12(7-11(15)9-17-13)14(19)18-8-10-5-3-2-4-6-10/h7,9-10H,2-6,8H2,1H3,(H,16,17)(H,18,19). The summed E-state index contributed by atoms with van der Waals surface area (Å²) in [6.07, 6.45) is 8.07. The van der Waals surface area contributed by atoms with E-state index in [9.17, 15) is 4.79 Å². The third kappa shape index (κ3) is 3.93. The summed E-state index contributed by atoms with van der Waals surface area (Å²) in [6.45, 7) is 0.772. The van der Waals surface area contributed by atoms with Gasteiger partial charge in [0.15, 0.2) is 0 Å². The number of aromatic nitrogens is 1. The van der Waals surface area contributed by atoms with Crippen molar-refractivity contribution in [1.82, 2.24) is 10.3 Å². The summed E-state index contributed by atoms with van der Waals surface area (Å²) in [4.78, 5) is 16.4. The SMILES string of the molecule is CNc1ncc(Br)cc1C(=O)NCC1CCCCC1. The summed E-state index contributed by atoms with van der Waals surface area (Å²) in [5.41, 5.74) is 0.590. The summed E-state index contributed by atoms with van der Waals surface area (Å²) < 4.78 is 0.814. The van der Waals surface area contributed by atoms with Crippen LogP contribution < -0.4 is 10.6 Å². The Kier molecular flexibility index (Phi) is 5.19. The second-order valence-electron chi connectivity index (χ2n) is 5.01. The minimum atomic E-state index is -0.0521. The van der Waals surface area contributed by atoms with Crippen molar-refractivity contribution in [2.24, 2.45) is 5.92 Å². The second-order valence-corrected chi connectivity index (χ2v) is 5.93. The summed E-state index contributed by atoms with van der Waals surface area (Å²) in [5.74, 6) is 1.20. The van der Waals surface area contributed by atoms with E-state index in [1.165, 1.54) is 32.1 Å². The second kappa shape index (κ2) is 6.89. The molecule has 0 aromatic carbocycles. The van der Waals surface area contributed by atoms with Gasteiger partial charge in [-0.05, 0) is 40.8 Å². The van der Waals surface area contributed by atoms with Gasteiger partial charge in [-0.2, -0.15) is 0 Å². The Morgan fingerprint density at radius 2 is 2.16 bits per heavy atom. The van der Waals surface area contributed by atoms with E-state index in [2.05, 4.69) is 31.5 Å². The van der Waals surface area contributed by atoms with Gasteiger partial charge in [0.25, 0.3) is 5.91 Å². The molecule has 0 aliphatic heterocycles. The van der Waals surface area contributed by atoms with Crippen LogP contribution in [-0.2, 0) is 0 Å². The number of nitrogens with one attached hydrogen (secondary N) is 2. The van der Waals surface area contributed by atoms with Crippen LogP contribution in [0.1, 0.15) is 42.5 Å². The predicted octanol–water partition coefficient (Wildman–Crippen LogP) is 3.20. The number of nitrogens with zero attached hydrogens (tertiary/aromatic N) is 1. The average molecular weight is 326 g/mol. The van der Waals surface area contributed by atoms with Gasteiger partial charge in [0.1, 0.15) is 5.82 Å². The van der Waals surface area contributed by atoms with Crippen molar-refractivity contribution in [2.75, 3.05) is 18.9 Å². The van der Waals surface area contributed by atoms with Gasteiger partial charge in [0.2, 0.25) is 0 Å². The molecule has 1 amide bonds. The van der Waals surface area contributed by atoms with Crippen molar-refractivity contribution in [3.63, 3.8) is 0 Å². The molecule has 0 atom stereocenters. The Morgan fingerprint density at radius 3 is 2.84 bits per heavy atom. The lowest BCUT2D eigenvalue weighted by molar-refractivity contribution is 0.0944. The fraction of sp³-hybridized carbons (Fsp3) is 0.571. The van der Waals surface area contributed by atoms with Crippen LogP contribution in [0.2, 0.25) is 0 Å². The normalized spacial score (nSPS) is 16.1. The number of rotatable bonds is 4. The highest BCUT2D eigenvalue weighted by atomic mass is 79.9. The molecular weight excluding hydrogens is 306 g/mol. The van der Waals surface area contributed by atoms with Crippen LogP contribution in [0.4, 0.5) is 5.82 Å². The first kappa shape index (κ1) is 14.3. The van der Waals surface area contributed by atoms with E-state index in [4.69, 9.17) is 0 Å². The molecule has 0 unspecified atom stereocenters. The highest BCUT2D eigenvalue weighted by Crippen LogP contribution is 2.23. The van der Waals surface area contributed by atoms with Gasteiger partial charge in [-0.15, -0.1) is 0 Å². The molecule has 2 rings (SSSR count). The number of hydrogen-bond donors (Lipinski definition) is 2. The Hall–Kier alpha value is -1.10. The third-order valence-corrected chi connectivity index (χ3v) is 4.05. The minimum absolute atomic E-state index is 0.0521. The van der Waals surface area contributed by atoms with Crippen LogP contribution >= 0.6 is 15.9 Å². The van der Waals surface area contributed by atoms with Crippen molar-refractivity contribution in [3.05, 3.63) is 22.3 Å². The Morgan fingerprint density at radius 1 is 1.42 bits per heavy atom. The first-order chi connectivity index (χ1) is 9.20. The lowest BCUT2D eigenvalue weighted by atomic mass is 9.89. The largest absolute Gasteiger partial charge is 0.372 e. The monoisotopic (exact) mass is 325 g/mol. The zero-order valence-electron chi connectivity index (χ0n) is 11.2. The fourth-order valence-corrected chi connectivity index (χ4v) is 2.87. The molecular formula is C14H20BrN3O. The van der Waals surface area contributed by atoms with Crippen LogP contribution in [-0.4, -0.2) is 24.5 Å². The predicted molar refractivity (Wildman–Crippen MR) is 80.4 cm³/mol. The van der Waals surface area contributed by atoms with Gasteiger partial charge in [-0.25, -0.2) is 4.98 Å². The summed E-state index contributed by atoms with van der Waals surface area (Å²) in [7, 11) is 1.77. The zero-order chi connectivity index (χ0) is 13.7. The number of carbonyl (C=O) groups is 1. The van der Waals surface area contributed by atoms with Gasteiger partial charge in [-0.1, -0.05) is 19.3 Å². The molecule has 1 aromatic heterocycles. The molecule has 0 saturated heterocycles. The lowest BCUT2D eigenvalue weighted by Gasteiger charge is -2.21. The maximum absolute atomic E-state index is 12.2. The molecule has 0 radical (unpaired) electrons. The Bertz CT molecular complexity index is 444. The molecule has 1 saturated carbocycles. The zero-order valence-corrected chi connectivity index (χ0v) is 12.8. The molecule has 1 aliphatic rings. The Balaban J connectivity index is 1.97. The van der Waals surface area contributed by atoms with Crippen molar-refractivity contribution < 1.29 is 4.79 Å². The number of anilines is 1. The third-order valence-electron chi connectivity index (χ3n) is 3.61. The van der Waals surface area contributed by atoms with Crippen LogP contribution in [0.15, 0.2) is 16.7 Å². The number of pyridine rings is 1. The highest BCUT2D eigenvalue weighted by molar-refractivity contribution is 9.10. The van der Waals surface area contributed by atoms with Gasteiger partial charge >= 0.3 is 0 Å². The summed E-state index contributed by atoms with van der Waals surface area (Å²) >= 11 is 3.35. The summed E-state index contributed by atoms with van der Waals surface area (Å²) in [5, 5.41) is 5.98. The molecule has 5 heteroatoms. The van der Waals surface area contributed by atoms with Gasteiger partial charge in [-0.3, -0.25) is 4.79 Å². The minimum Gasteiger partial charge on any atom is -0.372 e. The van der Waals surface area contributed by atoms with Gasteiger partial charge in [0.05, 0.1) is 5.56 Å². The van der Waals surface area contributed by atoms with Crippen molar-refractivity contribution in [3.8, 4) is 0 Å². The molecule has 1 heterocycles. The van der Waals surface area contributed by atoms with Crippen molar-refractivity contribution in [1.29, 1.82) is 0 Å². The Labute approximate surface area is 122 Å². The van der Waals surface area contributed by atoms with Gasteiger partial charge < -0.3 is 10.6 Å². The molecule has 104 valence electrons. The highest BCUT2D eigenvalue weighted by Gasteiger charge is 2.17. The molecule has 2 N–H and O–H groups in total. The van der Waals surface area contributed by atoms with Crippen LogP contribution in [0.25, 0.3) is 0 Å². The maximum atomic E-state index is 12.2. The average Bonchev–Trinajstić information content (AvgIpc) is 2.46. The van der Waals surface area contributed by atoms with Crippen molar-refractivity contribution >= 4 is 27.7 Å². The number of halogens is 1. The number of amides is 1. The molecule has 1 fully saturated rings. The maximum Gasteiger partial charge on any atom is 0.255 e. The van der Waals surface area contributed by atoms with E-state index < -0.39 is 0 Å². The van der Waals surface area contributed by atoms with E-state index in [1.54, 1.807) is 19.3 Å². The molecule has 19 heavy (non-hydrogen) atoms. The number of hydrogen-bond acceptors (Lipinski definition) is 3. The molecule has 0 bridgehead atoms. The molecule has 0 spiro atoms. The van der Waals surface area contributed by atoms with Crippen LogP contribution in [0.3, 0.4) is 0 Å². The molecule has 1 aromatic rings. The van der Waals surface area contributed by atoms with Crippen LogP contribution in [0.5, 0.6) is 0 Å². The first-order valence-electron chi connectivity index (χ1n) is 6.82. The van der Waals surface area contributed by atoms with E-state index >= 15 is 0 Å².